The number of hydrogen-bond donors (Lipinski definition) is 1. The number of carbonyl (C=O) groups is 2. The molecule has 0 radical (unpaired) electrons. The molecule has 0 atom stereocenters. The highest BCUT2D eigenvalue weighted by Crippen LogP contribution is 2.33. The standard InChI is InChI=1S/C22H18ClF2NO6/c1-29-18-4-2-3-16(20(18)32-22(24)25)21(28)30-12-19(27)26-11-15-9-10-17(31-15)13-5-7-14(23)8-6-13/h2-10,22H,11-12H2,1H3,(H,26,27). The molecule has 0 fully saturated rings. The fraction of sp³-hybridized carbons (Fsp3) is 0.182. The van der Waals surface area contributed by atoms with Gasteiger partial charge in [0, 0.05) is 10.6 Å². The van der Waals surface area contributed by atoms with E-state index < -0.39 is 30.8 Å². The van der Waals surface area contributed by atoms with E-state index in [9.17, 15) is 18.4 Å². The number of alkyl halides is 2. The lowest BCUT2D eigenvalue weighted by Crippen LogP contribution is -2.28. The summed E-state index contributed by atoms with van der Waals surface area (Å²) in [5, 5.41) is 3.14. The maximum Gasteiger partial charge on any atom is 0.387 e. The average Bonchev–Trinajstić information content (AvgIpc) is 3.25. The van der Waals surface area contributed by atoms with Crippen molar-refractivity contribution in [1.29, 1.82) is 0 Å². The van der Waals surface area contributed by atoms with Crippen molar-refractivity contribution in [3.05, 3.63) is 70.9 Å². The smallest absolute Gasteiger partial charge is 0.387 e. The molecule has 10 heteroatoms. The highest BCUT2D eigenvalue weighted by atomic mass is 35.5. The van der Waals surface area contributed by atoms with Gasteiger partial charge in [-0.15, -0.1) is 0 Å². The molecule has 1 aromatic heterocycles. The summed E-state index contributed by atoms with van der Waals surface area (Å²) in [5.74, 6) is -1.09. The predicted molar refractivity (Wildman–Crippen MR) is 111 cm³/mol. The van der Waals surface area contributed by atoms with Gasteiger partial charge in [0.25, 0.3) is 5.91 Å². The van der Waals surface area contributed by atoms with Gasteiger partial charge >= 0.3 is 12.6 Å². The van der Waals surface area contributed by atoms with Crippen molar-refractivity contribution < 1.29 is 37.0 Å². The molecule has 0 saturated heterocycles. The first-order chi connectivity index (χ1) is 15.4. The molecule has 0 bridgehead atoms. The molecule has 3 rings (SSSR count). The molecule has 168 valence electrons. The van der Waals surface area contributed by atoms with E-state index in [-0.39, 0.29) is 17.9 Å². The van der Waals surface area contributed by atoms with E-state index in [1.54, 1.807) is 36.4 Å². The molecule has 1 N–H and O–H groups in total. The third kappa shape index (κ3) is 5.98. The number of para-hydroxylation sites is 1. The largest absolute Gasteiger partial charge is 0.493 e. The highest BCUT2D eigenvalue weighted by Gasteiger charge is 2.22. The second kappa shape index (κ2) is 10.6. The van der Waals surface area contributed by atoms with E-state index in [0.717, 1.165) is 5.56 Å². The van der Waals surface area contributed by atoms with Crippen LogP contribution in [-0.4, -0.2) is 32.2 Å². The van der Waals surface area contributed by atoms with Crippen molar-refractivity contribution in [3.8, 4) is 22.8 Å². The van der Waals surface area contributed by atoms with E-state index in [1.165, 1.54) is 25.3 Å². The quantitative estimate of drug-likeness (QED) is 0.462. The molecule has 32 heavy (non-hydrogen) atoms. The van der Waals surface area contributed by atoms with E-state index in [4.69, 9.17) is 25.5 Å². The Morgan fingerprint density at radius 1 is 1.09 bits per heavy atom. The summed E-state index contributed by atoms with van der Waals surface area (Å²) in [6.45, 7) is -3.75. The highest BCUT2D eigenvalue weighted by molar-refractivity contribution is 6.30. The number of hydrogen-bond acceptors (Lipinski definition) is 6. The van der Waals surface area contributed by atoms with Gasteiger partial charge in [-0.2, -0.15) is 8.78 Å². The number of esters is 1. The lowest BCUT2D eigenvalue weighted by molar-refractivity contribution is -0.124. The number of rotatable bonds is 9. The number of methoxy groups -OCH3 is 1. The summed E-state index contributed by atoms with van der Waals surface area (Å²) in [6, 6.07) is 14.5. The molecule has 7 nitrogen and oxygen atoms in total. The monoisotopic (exact) mass is 465 g/mol. The summed E-state index contributed by atoms with van der Waals surface area (Å²) in [5.41, 5.74) is 0.525. The van der Waals surface area contributed by atoms with Gasteiger partial charge in [0.05, 0.1) is 13.7 Å². The zero-order chi connectivity index (χ0) is 23.1. The normalized spacial score (nSPS) is 10.7. The van der Waals surface area contributed by atoms with Crippen LogP contribution in [0.15, 0.2) is 59.0 Å². The Hall–Kier alpha value is -3.59. The van der Waals surface area contributed by atoms with Crippen LogP contribution >= 0.6 is 11.6 Å². The van der Waals surface area contributed by atoms with Crippen LogP contribution in [-0.2, 0) is 16.1 Å². The van der Waals surface area contributed by atoms with Crippen LogP contribution in [0.2, 0.25) is 5.02 Å². The Labute approximate surface area is 186 Å². The van der Waals surface area contributed by atoms with Gasteiger partial charge in [0.1, 0.15) is 17.1 Å². The Morgan fingerprint density at radius 3 is 2.53 bits per heavy atom. The predicted octanol–water partition coefficient (Wildman–Crippen LogP) is 4.68. The topological polar surface area (TPSA) is 87.0 Å². The number of ether oxygens (including phenoxy) is 3. The molecule has 1 amide bonds. The third-order valence-corrected chi connectivity index (χ3v) is 4.46. The van der Waals surface area contributed by atoms with Crippen LogP contribution in [0.1, 0.15) is 16.1 Å². The van der Waals surface area contributed by atoms with Crippen molar-refractivity contribution in [2.24, 2.45) is 0 Å². The van der Waals surface area contributed by atoms with Gasteiger partial charge in [0.2, 0.25) is 0 Å². The van der Waals surface area contributed by atoms with Crippen molar-refractivity contribution in [3.63, 3.8) is 0 Å². The molecule has 0 aliphatic rings. The first kappa shape index (κ1) is 23.1. The van der Waals surface area contributed by atoms with Gasteiger partial charge in [-0.25, -0.2) is 4.79 Å². The molecular formula is C22H18ClF2NO6. The summed E-state index contributed by atoms with van der Waals surface area (Å²) in [6.07, 6.45) is 0. The first-order valence-corrected chi connectivity index (χ1v) is 9.65. The van der Waals surface area contributed by atoms with Crippen LogP contribution < -0.4 is 14.8 Å². The first-order valence-electron chi connectivity index (χ1n) is 9.27. The summed E-state index contributed by atoms with van der Waals surface area (Å²) >= 11 is 5.87. The zero-order valence-electron chi connectivity index (χ0n) is 16.8. The second-order valence-corrected chi connectivity index (χ2v) is 6.78. The maximum atomic E-state index is 12.7. The Bertz CT molecular complexity index is 1080. The number of furan rings is 1. The molecule has 2 aromatic carbocycles. The molecule has 0 unspecified atom stereocenters. The second-order valence-electron chi connectivity index (χ2n) is 6.34. The van der Waals surface area contributed by atoms with Gasteiger partial charge in [0.15, 0.2) is 18.1 Å². The van der Waals surface area contributed by atoms with E-state index in [1.807, 2.05) is 0 Å². The minimum atomic E-state index is -3.17. The van der Waals surface area contributed by atoms with Crippen LogP contribution in [0, 0.1) is 0 Å². The molecule has 0 aliphatic heterocycles. The van der Waals surface area contributed by atoms with Crippen molar-refractivity contribution in [2.45, 2.75) is 13.2 Å². The van der Waals surface area contributed by atoms with Crippen LogP contribution in [0.25, 0.3) is 11.3 Å². The van der Waals surface area contributed by atoms with Crippen LogP contribution in [0.5, 0.6) is 11.5 Å². The lowest BCUT2D eigenvalue weighted by Gasteiger charge is -2.13. The Kier molecular flexibility index (Phi) is 7.67. The Balaban J connectivity index is 1.54. The van der Waals surface area contributed by atoms with Crippen LogP contribution in [0.3, 0.4) is 0 Å². The van der Waals surface area contributed by atoms with Gasteiger partial charge < -0.3 is 23.9 Å². The van der Waals surface area contributed by atoms with Gasteiger partial charge in [-0.05, 0) is 48.5 Å². The van der Waals surface area contributed by atoms with Crippen molar-refractivity contribution in [2.75, 3.05) is 13.7 Å². The Morgan fingerprint density at radius 2 is 1.84 bits per heavy atom. The summed E-state index contributed by atoms with van der Waals surface area (Å²) in [4.78, 5) is 24.3. The van der Waals surface area contributed by atoms with E-state index in [0.29, 0.717) is 16.5 Å². The maximum absolute atomic E-state index is 12.7. The SMILES string of the molecule is COc1cccc(C(=O)OCC(=O)NCc2ccc(-c3ccc(Cl)cc3)o2)c1OC(F)F. The van der Waals surface area contributed by atoms with E-state index >= 15 is 0 Å². The summed E-state index contributed by atoms with van der Waals surface area (Å²) < 4.78 is 45.2. The molecule has 0 aliphatic carbocycles. The average molecular weight is 466 g/mol. The lowest BCUT2D eigenvalue weighted by atomic mass is 10.2. The number of benzene rings is 2. The minimum Gasteiger partial charge on any atom is -0.493 e. The number of amides is 1. The van der Waals surface area contributed by atoms with Crippen molar-refractivity contribution in [1.82, 2.24) is 5.32 Å². The van der Waals surface area contributed by atoms with E-state index in [2.05, 4.69) is 10.1 Å². The molecule has 3 aromatic rings. The van der Waals surface area contributed by atoms with Gasteiger partial charge in [-0.1, -0.05) is 17.7 Å². The molecule has 0 saturated carbocycles. The number of halogens is 3. The minimum absolute atomic E-state index is 0.0584. The van der Waals surface area contributed by atoms with Gasteiger partial charge in [-0.3, -0.25) is 4.79 Å². The summed E-state index contributed by atoms with van der Waals surface area (Å²) in [7, 11) is 1.24. The van der Waals surface area contributed by atoms with Crippen molar-refractivity contribution >= 4 is 23.5 Å². The fourth-order valence-electron chi connectivity index (χ4n) is 2.74. The molecule has 1 heterocycles. The third-order valence-electron chi connectivity index (χ3n) is 4.21. The zero-order valence-corrected chi connectivity index (χ0v) is 17.5. The number of nitrogens with one attached hydrogen (secondary N) is 1. The molecule has 0 spiro atoms. The fourth-order valence-corrected chi connectivity index (χ4v) is 2.86. The number of carbonyl (C=O) groups excluding carboxylic acids is 2. The van der Waals surface area contributed by atoms with Crippen LogP contribution in [0.4, 0.5) is 8.78 Å². The molecular weight excluding hydrogens is 448 g/mol.